The molecular formula is C30H33N3O2S. The van der Waals surface area contributed by atoms with E-state index in [9.17, 15) is 0 Å². The molecule has 2 aliphatic heterocycles. The van der Waals surface area contributed by atoms with Crippen molar-refractivity contribution in [1.82, 2.24) is 14.8 Å². The zero-order valence-electron chi connectivity index (χ0n) is 20.9. The third kappa shape index (κ3) is 4.99. The van der Waals surface area contributed by atoms with Crippen molar-refractivity contribution < 1.29 is 9.47 Å². The van der Waals surface area contributed by atoms with Gasteiger partial charge < -0.3 is 14.4 Å². The largest absolute Gasteiger partial charge is 0.489 e. The van der Waals surface area contributed by atoms with Gasteiger partial charge in [0.05, 0.1) is 6.61 Å². The summed E-state index contributed by atoms with van der Waals surface area (Å²) in [6.07, 6.45) is 5.04. The van der Waals surface area contributed by atoms with Crippen molar-refractivity contribution in [2.24, 2.45) is 0 Å². The monoisotopic (exact) mass is 499 g/mol. The third-order valence-corrected chi connectivity index (χ3v) is 8.43. The molecule has 4 heterocycles. The standard InChI is InChI=1S/C30H33N3O2S/c1-32-13-9-25(10-14-32)33-15-17-35-30-23(20-33)18-22(27-21-36-29-8-3-2-7-26(27)29)19-28(30)34-16-11-24-6-4-5-12-31-24/h2-8,12,18-19,21,25H,9-11,13-17,20H2,1H3. The molecule has 2 aliphatic rings. The van der Waals surface area contributed by atoms with Crippen LogP contribution in [0.15, 0.2) is 66.2 Å². The van der Waals surface area contributed by atoms with Gasteiger partial charge in [-0.3, -0.25) is 9.88 Å². The SMILES string of the molecule is CN1CCC(N2CCOc3c(cc(-c4csc5ccccc45)cc3OCCc3ccccn3)C2)CC1. The van der Waals surface area contributed by atoms with Crippen LogP contribution in [0.2, 0.25) is 0 Å². The predicted molar refractivity (Wildman–Crippen MR) is 147 cm³/mol. The fourth-order valence-electron chi connectivity index (χ4n) is 5.45. The molecule has 0 saturated carbocycles. The van der Waals surface area contributed by atoms with Crippen LogP contribution >= 0.6 is 11.3 Å². The van der Waals surface area contributed by atoms with Gasteiger partial charge in [0.25, 0.3) is 0 Å². The highest BCUT2D eigenvalue weighted by atomic mass is 32.1. The lowest BCUT2D eigenvalue weighted by Gasteiger charge is -2.36. The molecule has 2 aromatic heterocycles. The van der Waals surface area contributed by atoms with Crippen molar-refractivity contribution in [3.05, 3.63) is 77.4 Å². The first-order valence-electron chi connectivity index (χ1n) is 13.0. The first-order chi connectivity index (χ1) is 17.7. The van der Waals surface area contributed by atoms with Crippen LogP contribution in [0, 0.1) is 0 Å². The highest BCUT2D eigenvalue weighted by Crippen LogP contribution is 2.42. The number of pyridine rings is 1. The average Bonchev–Trinajstić information content (AvgIpc) is 3.22. The Balaban J connectivity index is 1.33. The molecule has 0 atom stereocenters. The number of likely N-dealkylation sites (tertiary alicyclic amines) is 1. The zero-order chi connectivity index (χ0) is 24.3. The average molecular weight is 500 g/mol. The molecule has 1 saturated heterocycles. The van der Waals surface area contributed by atoms with E-state index in [-0.39, 0.29) is 0 Å². The van der Waals surface area contributed by atoms with E-state index in [1.54, 1.807) is 11.3 Å². The van der Waals surface area contributed by atoms with Crippen LogP contribution < -0.4 is 9.47 Å². The van der Waals surface area contributed by atoms with E-state index in [2.05, 4.69) is 63.6 Å². The fraction of sp³-hybridized carbons (Fsp3) is 0.367. The van der Waals surface area contributed by atoms with Gasteiger partial charge in [0.15, 0.2) is 11.5 Å². The Morgan fingerprint density at radius 3 is 2.78 bits per heavy atom. The van der Waals surface area contributed by atoms with E-state index in [1.807, 2.05) is 24.4 Å². The summed E-state index contributed by atoms with van der Waals surface area (Å²) in [5, 5.41) is 3.57. The summed E-state index contributed by atoms with van der Waals surface area (Å²) < 4.78 is 14.1. The lowest BCUT2D eigenvalue weighted by atomic mass is 9.99. The zero-order valence-corrected chi connectivity index (χ0v) is 21.7. The number of piperidine rings is 1. The number of aromatic nitrogens is 1. The van der Waals surface area contributed by atoms with Gasteiger partial charge in [-0.05, 0) is 74.3 Å². The third-order valence-electron chi connectivity index (χ3n) is 7.47. The van der Waals surface area contributed by atoms with Crippen molar-refractivity contribution >= 4 is 21.4 Å². The molecule has 4 aromatic rings. The Morgan fingerprint density at radius 1 is 1.06 bits per heavy atom. The second kappa shape index (κ2) is 10.6. The Morgan fingerprint density at radius 2 is 1.92 bits per heavy atom. The van der Waals surface area contributed by atoms with Crippen LogP contribution in [0.4, 0.5) is 0 Å². The van der Waals surface area contributed by atoms with Crippen molar-refractivity contribution in [3.8, 4) is 22.6 Å². The molecule has 0 radical (unpaired) electrons. The summed E-state index contributed by atoms with van der Waals surface area (Å²) in [5.74, 6) is 1.76. The minimum Gasteiger partial charge on any atom is -0.489 e. The Bertz CT molecular complexity index is 1310. The lowest BCUT2D eigenvalue weighted by molar-refractivity contribution is 0.107. The number of hydrogen-bond acceptors (Lipinski definition) is 6. The molecule has 1 fully saturated rings. The van der Waals surface area contributed by atoms with E-state index in [1.165, 1.54) is 39.6 Å². The molecular weight excluding hydrogens is 466 g/mol. The van der Waals surface area contributed by atoms with Gasteiger partial charge in [-0.15, -0.1) is 11.3 Å². The van der Waals surface area contributed by atoms with Crippen molar-refractivity contribution in [3.63, 3.8) is 0 Å². The maximum atomic E-state index is 6.42. The normalized spacial score (nSPS) is 17.5. The van der Waals surface area contributed by atoms with E-state index >= 15 is 0 Å². The van der Waals surface area contributed by atoms with E-state index in [4.69, 9.17) is 9.47 Å². The first-order valence-corrected chi connectivity index (χ1v) is 13.8. The van der Waals surface area contributed by atoms with Crippen LogP contribution in [-0.2, 0) is 13.0 Å². The number of fused-ring (bicyclic) bond motifs is 2. The van der Waals surface area contributed by atoms with Gasteiger partial charge in [0.1, 0.15) is 6.61 Å². The minimum absolute atomic E-state index is 0.569. The van der Waals surface area contributed by atoms with Gasteiger partial charge >= 0.3 is 0 Å². The molecule has 0 aliphatic carbocycles. The minimum atomic E-state index is 0.569. The maximum absolute atomic E-state index is 6.42. The molecule has 0 N–H and O–H groups in total. The van der Waals surface area contributed by atoms with Crippen LogP contribution in [0.1, 0.15) is 24.1 Å². The van der Waals surface area contributed by atoms with Crippen LogP contribution in [0.25, 0.3) is 21.2 Å². The smallest absolute Gasteiger partial charge is 0.165 e. The molecule has 0 unspecified atom stereocenters. The quantitative estimate of drug-likeness (QED) is 0.332. The summed E-state index contributed by atoms with van der Waals surface area (Å²) in [7, 11) is 2.23. The molecule has 0 bridgehead atoms. The van der Waals surface area contributed by atoms with Crippen molar-refractivity contribution in [2.75, 3.05) is 39.9 Å². The van der Waals surface area contributed by atoms with Crippen LogP contribution in [0.3, 0.4) is 0 Å². The Kier molecular flexibility index (Phi) is 6.90. The molecule has 6 heteroatoms. The second-order valence-electron chi connectivity index (χ2n) is 9.88. The number of ether oxygens (including phenoxy) is 2. The number of nitrogens with zero attached hydrogens (tertiary/aromatic N) is 3. The van der Waals surface area contributed by atoms with Gasteiger partial charge in [0, 0.05) is 58.7 Å². The van der Waals surface area contributed by atoms with Crippen molar-refractivity contribution in [1.29, 1.82) is 0 Å². The summed E-state index contributed by atoms with van der Waals surface area (Å²) in [6, 6.07) is 19.8. The molecule has 0 amide bonds. The van der Waals surface area contributed by atoms with Gasteiger partial charge in [0.2, 0.25) is 0 Å². The summed E-state index contributed by atoms with van der Waals surface area (Å²) >= 11 is 1.80. The predicted octanol–water partition coefficient (Wildman–Crippen LogP) is 5.87. The summed E-state index contributed by atoms with van der Waals surface area (Å²) in [4.78, 5) is 9.52. The number of thiophene rings is 1. The maximum Gasteiger partial charge on any atom is 0.165 e. The lowest BCUT2D eigenvalue weighted by Crippen LogP contribution is -2.44. The first kappa shape index (κ1) is 23.5. The highest BCUT2D eigenvalue weighted by molar-refractivity contribution is 7.17. The Hall–Kier alpha value is -2.93. The van der Waals surface area contributed by atoms with E-state index in [0.717, 1.165) is 49.8 Å². The van der Waals surface area contributed by atoms with Crippen LogP contribution in [-0.4, -0.2) is 60.7 Å². The van der Waals surface area contributed by atoms with Crippen molar-refractivity contribution in [2.45, 2.75) is 31.8 Å². The number of benzene rings is 2. The second-order valence-corrected chi connectivity index (χ2v) is 10.8. The van der Waals surface area contributed by atoms with E-state index in [0.29, 0.717) is 19.3 Å². The highest BCUT2D eigenvalue weighted by Gasteiger charge is 2.28. The number of rotatable bonds is 6. The van der Waals surface area contributed by atoms with Crippen LogP contribution in [0.5, 0.6) is 11.5 Å². The molecule has 186 valence electrons. The molecule has 6 rings (SSSR count). The Labute approximate surface area is 217 Å². The molecule has 2 aromatic carbocycles. The van der Waals surface area contributed by atoms with Gasteiger partial charge in [-0.2, -0.15) is 0 Å². The number of hydrogen-bond donors (Lipinski definition) is 0. The topological polar surface area (TPSA) is 37.8 Å². The molecule has 36 heavy (non-hydrogen) atoms. The summed E-state index contributed by atoms with van der Waals surface area (Å²) in [6.45, 7) is 5.44. The molecule has 5 nitrogen and oxygen atoms in total. The fourth-order valence-corrected chi connectivity index (χ4v) is 6.42. The summed E-state index contributed by atoms with van der Waals surface area (Å²) in [5.41, 5.74) is 4.74. The molecule has 0 spiro atoms. The van der Waals surface area contributed by atoms with Gasteiger partial charge in [-0.25, -0.2) is 0 Å². The van der Waals surface area contributed by atoms with E-state index < -0.39 is 0 Å². The van der Waals surface area contributed by atoms with Gasteiger partial charge in [-0.1, -0.05) is 24.3 Å².